The van der Waals surface area contributed by atoms with Crippen molar-refractivity contribution < 1.29 is 23.5 Å². The number of allylic oxidation sites excluding steroid dienone is 1. The molecule has 0 bridgehead atoms. The van der Waals surface area contributed by atoms with Gasteiger partial charge in [-0.15, -0.1) is 0 Å². The number of carbonyl (C=O) groups is 2. The van der Waals surface area contributed by atoms with E-state index in [1.165, 1.54) is 25.3 Å². The van der Waals surface area contributed by atoms with Gasteiger partial charge in [-0.3, -0.25) is 9.59 Å². The molecule has 2 aromatic rings. The zero-order valence-electron chi connectivity index (χ0n) is 15.7. The highest BCUT2D eigenvalue weighted by atomic mass is 19.1. The Labute approximate surface area is 163 Å². The molecule has 0 spiro atoms. The molecule has 5 nitrogen and oxygen atoms in total. The summed E-state index contributed by atoms with van der Waals surface area (Å²) in [7, 11) is 1.40. The standard InChI is InChI=1S/C22H22FNO4/c1-27-21-11-5-16(14-19(21)23)4-10-20(25)17-6-8-18(9-7-17)28-15-22(26)24-12-2-3-13-24/h4-11,14H,2-3,12-13,15H2,1H3/b10-4+. The predicted molar refractivity (Wildman–Crippen MR) is 104 cm³/mol. The van der Waals surface area contributed by atoms with Crippen LogP contribution in [0, 0.1) is 5.82 Å². The summed E-state index contributed by atoms with van der Waals surface area (Å²) in [6.07, 6.45) is 5.01. The van der Waals surface area contributed by atoms with E-state index in [0.717, 1.165) is 25.9 Å². The number of ether oxygens (including phenoxy) is 2. The van der Waals surface area contributed by atoms with Gasteiger partial charge in [0.1, 0.15) is 5.75 Å². The molecule has 1 aliphatic heterocycles. The summed E-state index contributed by atoms with van der Waals surface area (Å²) in [5.41, 5.74) is 1.04. The van der Waals surface area contributed by atoms with Crippen molar-refractivity contribution in [2.24, 2.45) is 0 Å². The number of rotatable bonds is 7. The van der Waals surface area contributed by atoms with Crippen molar-refractivity contribution in [2.75, 3.05) is 26.8 Å². The van der Waals surface area contributed by atoms with Crippen LogP contribution in [0.2, 0.25) is 0 Å². The van der Waals surface area contributed by atoms with Gasteiger partial charge < -0.3 is 14.4 Å². The van der Waals surface area contributed by atoms with Gasteiger partial charge in [0.15, 0.2) is 24.0 Å². The quantitative estimate of drug-likeness (QED) is 0.540. The third-order valence-electron chi connectivity index (χ3n) is 4.56. The topological polar surface area (TPSA) is 55.8 Å². The van der Waals surface area contributed by atoms with Gasteiger partial charge in [-0.2, -0.15) is 0 Å². The first-order valence-corrected chi connectivity index (χ1v) is 9.13. The molecule has 3 rings (SSSR count). The minimum Gasteiger partial charge on any atom is -0.494 e. The fraction of sp³-hybridized carbons (Fsp3) is 0.273. The molecule has 146 valence electrons. The van der Waals surface area contributed by atoms with E-state index >= 15 is 0 Å². The van der Waals surface area contributed by atoms with Crippen molar-refractivity contribution in [1.82, 2.24) is 4.90 Å². The van der Waals surface area contributed by atoms with E-state index in [1.54, 1.807) is 41.3 Å². The highest BCUT2D eigenvalue weighted by molar-refractivity contribution is 6.06. The lowest BCUT2D eigenvalue weighted by Gasteiger charge is -2.15. The highest BCUT2D eigenvalue weighted by Crippen LogP contribution is 2.19. The number of amides is 1. The summed E-state index contributed by atoms with van der Waals surface area (Å²) in [5.74, 6) is -0.0297. The Hall–Kier alpha value is -3.15. The second kappa shape index (κ2) is 9.17. The molecule has 1 saturated heterocycles. The average molecular weight is 383 g/mol. The third-order valence-corrected chi connectivity index (χ3v) is 4.56. The molecule has 0 aliphatic carbocycles. The zero-order valence-corrected chi connectivity index (χ0v) is 15.7. The molecule has 6 heteroatoms. The maximum atomic E-state index is 13.7. The Bertz CT molecular complexity index is 871. The van der Waals surface area contributed by atoms with Crippen LogP contribution in [0.15, 0.2) is 48.5 Å². The van der Waals surface area contributed by atoms with Gasteiger partial charge in [-0.25, -0.2) is 4.39 Å². The Morgan fingerprint density at radius 1 is 1.11 bits per heavy atom. The largest absolute Gasteiger partial charge is 0.494 e. The molecular formula is C22H22FNO4. The van der Waals surface area contributed by atoms with E-state index in [1.807, 2.05) is 0 Å². The van der Waals surface area contributed by atoms with Gasteiger partial charge in [0.05, 0.1) is 7.11 Å². The van der Waals surface area contributed by atoms with Crippen LogP contribution >= 0.6 is 0 Å². The van der Waals surface area contributed by atoms with Gasteiger partial charge in [0, 0.05) is 18.7 Å². The fourth-order valence-corrected chi connectivity index (χ4v) is 2.97. The second-order valence-electron chi connectivity index (χ2n) is 6.49. The minimum atomic E-state index is -0.484. The molecule has 1 heterocycles. The molecule has 0 unspecified atom stereocenters. The maximum absolute atomic E-state index is 13.7. The second-order valence-corrected chi connectivity index (χ2v) is 6.49. The summed E-state index contributed by atoms with van der Waals surface area (Å²) < 4.78 is 24.1. The predicted octanol–water partition coefficient (Wildman–Crippen LogP) is 3.73. The van der Waals surface area contributed by atoms with Crippen molar-refractivity contribution >= 4 is 17.8 Å². The van der Waals surface area contributed by atoms with Crippen LogP contribution in [0.25, 0.3) is 6.08 Å². The number of hydrogen-bond donors (Lipinski definition) is 0. The molecule has 2 aromatic carbocycles. The van der Waals surface area contributed by atoms with Crippen LogP contribution in [-0.4, -0.2) is 43.4 Å². The summed E-state index contributed by atoms with van der Waals surface area (Å²) in [6.45, 7) is 1.58. The number of benzene rings is 2. The monoisotopic (exact) mass is 383 g/mol. The number of methoxy groups -OCH3 is 1. The lowest BCUT2D eigenvalue weighted by atomic mass is 10.1. The van der Waals surface area contributed by atoms with Crippen LogP contribution < -0.4 is 9.47 Å². The molecule has 0 saturated carbocycles. The van der Waals surface area contributed by atoms with Crippen molar-refractivity contribution in [3.05, 3.63) is 65.5 Å². The van der Waals surface area contributed by atoms with Gasteiger partial charge in [0.25, 0.3) is 5.91 Å². The van der Waals surface area contributed by atoms with Crippen molar-refractivity contribution in [1.29, 1.82) is 0 Å². The highest BCUT2D eigenvalue weighted by Gasteiger charge is 2.18. The van der Waals surface area contributed by atoms with E-state index in [-0.39, 0.29) is 24.0 Å². The minimum absolute atomic E-state index is 0.00374. The molecule has 28 heavy (non-hydrogen) atoms. The van der Waals surface area contributed by atoms with Gasteiger partial charge >= 0.3 is 0 Å². The SMILES string of the molecule is COc1ccc(/C=C/C(=O)c2ccc(OCC(=O)N3CCCC3)cc2)cc1F. The lowest BCUT2D eigenvalue weighted by molar-refractivity contribution is -0.132. The summed E-state index contributed by atoms with van der Waals surface area (Å²) >= 11 is 0. The smallest absolute Gasteiger partial charge is 0.260 e. The van der Waals surface area contributed by atoms with E-state index < -0.39 is 5.82 Å². The van der Waals surface area contributed by atoms with Gasteiger partial charge in [-0.1, -0.05) is 12.1 Å². The summed E-state index contributed by atoms with van der Waals surface area (Å²) in [6, 6.07) is 11.1. The Balaban J connectivity index is 1.55. The zero-order chi connectivity index (χ0) is 19.9. The molecule has 0 radical (unpaired) electrons. The molecular weight excluding hydrogens is 361 g/mol. The van der Waals surface area contributed by atoms with Crippen LogP contribution in [0.5, 0.6) is 11.5 Å². The first-order valence-electron chi connectivity index (χ1n) is 9.13. The summed E-state index contributed by atoms with van der Waals surface area (Å²) in [4.78, 5) is 26.0. The first kappa shape index (κ1) is 19.6. The fourth-order valence-electron chi connectivity index (χ4n) is 2.97. The normalized spacial score (nSPS) is 13.7. The first-order chi connectivity index (χ1) is 13.6. The number of likely N-dealkylation sites (tertiary alicyclic amines) is 1. The molecule has 1 aliphatic rings. The Morgan fingerprint density at radius 3 is 2.46 bits per heavy atom. The average Bonchev–Trinajstić information content (AvgIpc) is 3.26. The van der Waals surface area contributed by atoms with Crippen molar-refractivity contribution in [3.8, 4) is 11.5 Å². The molecule has 1 fully saturated rings. The number of hydrogen-bond acceptors (Lipinski definition) is 4. The Kier molecular flexibility index (Phi) is 6.42. The number of halogens is 1. The van der Waals surface area contributed by atoms with Crippen molar-refractivity contribution in [2.45, 2.75) is 12.8 Å². The van der Waals surface area contributed by atoms with Crippen LogP contribution in [0.1, 0.15) is 28.8 Å². The van der Waals surface area contributed by atoms with Crippen LogP contribution in [0.4, 0.5) is 4.39 Å². The number of nitrogens with zero attached hydrogens (tertiary/aromatic N) is 1. The summed E-state index contributed by atoms with van der Waals surface area (Å²) in [5, 5.41) is 0. The number of ketones is 1. The van der Waals surface area contributed by atoms with E-state index in [2.05, 4.69) is 0 Å². The number of carbonyl (C=O) groups excluding carboxylic acids is 2. The van der Waals surface area contributed by atoms with Gasteiger partial charge in [-0.05, 0) is 60.9 Å². The maximum Gasteiger partial charge on any atom is 0.260 e. The van der Waals surface area contributed by atoms with E-state index in [4.69, 9.17) is 9.47 Å². The van der Waals surface area contributed by atoms with Gasteiger partial charge in [0.2, 0.25) is 0 Å². The lowest BCUT2D eigenvalue weighted by Crippen LogP contribution is -2.32. The van der Waals surface area contributed by atoms with E-state index in [9.17, 15) is 14.0 Å². The van der Waals surface area contributed by atoms with Crippen LogP contribution in [0.3, 0.4) is 0 Å². The molecule has 0 atom stereocenters. The Morgan fingerprint density at radius 2 is 1.82 bits per heavy atom. The van der Waals surface area contributed by atoms with Crippen LogP contribution in [-0.2, 0) is 4.79 Å². The molecule has 1 amide bonds. The molecule has 0 aromatic heterocycles. The van der Waals surface area contributed by atoms with E-state index in [0.29, 0.717) is 16.9 Å². The van der Waals surface area contributed by atoms with Crippen molar-refractivity contribution in [3.63, 3.8) is 0 Å². The third kappa shape index (κ3) is 4.97. The molecule has 0 N–H and O–H groups in total.